The minimum Gasteiger partial charge on any atom is -0.410 e. The zero-order valence-corrected chi connectivity index (χ0v) is 9.73. The average molecular weight is 236 g/mol. The van der Waals surface area contributed by atoms with Crippen LogP contribution in [0.5, 0.6) is 5.75 Å². The molecule has 0 saturated carbocycles. The summed E-state index contributed by atoms with van der Waals surface area (Å²) in [4.78, 5) is 21.7. The fraction of sp³-hybridized carbons (Fsp3) is 0.333. The van der Waals surface area contributed by atoms with Gasteiger partial charge in [0.05, 0.1) is 6.54 Å². The van der Waals surface area contributed by atoms with Crippen LogP contribution in [-0.2, 0) is 11.2 Å². The zero-order chi connectivity index (χ0) is 12.7. The normalized spacial score (nSPS) is 9.71. The van der Waals surface area contributed by atoms with E-state index >= 15 is 0 Å². The van der Waals surface area contributed by atoms with Crippen LogP contribution in [0.15, 0.2) is 24.3 Å². The van der Waals surface area contributed by atoms with Gasteiger partial charge in [-0.25, -0.2) is 4.79 Å². The number of benzene rings is 1. The van der Waals surface area contributed by atoms with Crippen LogP contribution in [0.2, 0.25) is 0 Å². The van der Waals surface area contributed by atoms with E-state index < -0.39 is 12.0 Å². The fourth-order valence-corrected chi connectivity index (χ4v) is 1.36. The van der Waals surface area contributed by atoms with Crippen LogP contribution >= 0.6 is 0 Å². The minimum atomic E-state index is -0.683. The largest absolute Gasteiger partial charge is 0.413 e. The van der Waals surface area contributed by atoms with E-state index in [4.69, 9.17) is 10.5 Å². The third-order valence-electron chi connectivity index (χ3n) is 2.05. The second-order valence-corrected chi connectivity index (χ2v) is 3.61. The maximum absolute atomic E-state index is 11.2. The van der Waals surface area contributed by atoms with Gasteiger partial charge in [-0.05, 0) is 24.1 Å². The first-order valence-electron chi connectivity index (χ1n) is 5.44. The van der Waals surface area contributed by atoms with E-state index in [2.05, 4.69) is 12.2 Å². The van der Waals surface area contributed by atoms with Crippen LogP contribution in [0.3, 0.4) is 0 Å². The Hall–Kier alpha value is -2.04. The van der Waals surface area contributed by atoms with Crippen molar-refractivity contribution in [3.8, 4) is 5.75 Å². The zero-order valence-electron chi connectivity index (χ0n) is 9.73. The molecule has 1 rings (SSSR count). The van der Waals surface area contributed by atoms with Gasteiger partial charge in [-0.3, -0.25) is 4.79 Å². The highest BCUT2D eigenvalue weighted by Crippen LogP contribution is 2.14. The molecule has 0 unspecified atom stereocenters. The Morgan fingerprint density at radius 1 is 1.41 bits per heavy atom. The number of aryl methyl sites for hydroxylation is 1. The molecular weight excluding hydrogens is 220 g/mol. The number of carbonyl (C=O) groups excluding carboxylic acids is 2. The maximum Gasteiger partial charge on any atom is 0.413 e. The van der Waals surface area contributed by atoms with Crippen LogP contribution in [0.4, 0.5) is 4.79 Å². The van der Waals surface area contributed by atoms with E-state index in [1.54, 1.807) is 12.1 Å². The number of hydrogen-bond donors (Lipinski definition) is 2. The Balaban J connectivity index is 2.52. The van der Waals surface area contributed by atoms with E-state index in [0.29, 0.717) is 5.75 Å². The second-order valence-electron chi connectivity index (χ2n) is 3.61. The summed E-state index contributed by atoms with van der Waals surface area (Å²) in [6, 6.07) is 7.27. The molecule has 3 N–H and O–H groups in total. The van der Waals surface area contributed by atoms with Crippen molar-refractivity contribution in [2.75, 3.05) is 6.54 Å². The highest BCUT2D eigenvalue weighted by atomic mass is 16.6. The fourth-order valence-electron chi connectivity index (χ4n) is 1.36. The molecule has 0 atom stereocenters. The van der Waals surface area contributed by atoms with Gasteiger partial charge >= 0.3 is 6.09 Å². The molecule has 92 valence electrons. The van der Waals surface area contributed by atoms with Gasteiger partial charge in [0.1, 0.15) is 5.75 Å². The number of hydrogen-bond acceptors (Lipinski definition) is 3. The van der Waals surface area contributed by atoms with Crippen molar-refractivity contribution >= 4 is 12.0 Å². The summed E-state index contributed by atoms with van der Waals surface area (Å²) in [5.41, 5.74) is 5.99. The van der Waals surface area contributed by atoms with Crippen molar-refractivity contribution in [1.29, 1.82) is 0 Å². The topological polar surface area (TPSA) is 81.4 Å². The SMILES string of the molecule is CCCc1cccc(OC(=O)NCC(N)=O)c1. The number of amides is 2. The first-order chi connectivity index (χ1) is 8.11. The molecular formula is C12H16N2O3. The van der Waals surface area contributed by atoms with E-state index in [1.807, 2.05) is 12.1 Å². The van der Waals surface area contributed by atoms with E-state index in [0.717, 1.165) is 18.4 Å². The Morgan fingerprint density at radius 3 is 2.82 bits per heavy atom. The Bertz CT molecular complexity index is 404. The third kappa shape index (κ3) is 5.01. The lowest BCUT2D eigenvalue weighted by Gasteiger charge is -2.06. The molecule has 0 spiro atoms. The molecule has 1 aromatic rings. The minimum absolute atomic E-state index is 0.229. The van der Waals surface area contributed by atoms with E-state index in [1.165, 1.54) is 0 Å². The standard InChI is InChI=1S/C12H16N2O3/c1-2-4-9-5-3-6-10(7-9)17-12(16)14-8-11(13)15/h3,5-7H,2,4,8H2,1H3,(H2,13,15)(H,14,16). The van der Waals surface area contributed by atoms with Crippen molar-refractivity contribution in [3.05, 3.63) is 29.8 Å². The Labute approximate surface area is 99.9 Å². The first-order valence-corrected chi connectivity index (χ1v) is 5.44. The smallest absolute Gasteiger partial charge is 0.410 e. The quantitative estimate of drug-likeness (QED) is 0.806. The summed E-state index contributed by atoms with van der Waals surface area (Å²) < 4.78 is 4.99. The number of carbonyl (C=O) groups is 2. The summed E-state index contributed by atoms with van der Waals surface area (Å²) in [5.74, 6) is -0.153. The first kappa shape index (κ1) is 13.0. The van der Waals surface area contributed by atoms with Gasteiger partial charge in [0.15, 0.2) is 0 Å². The molecule has 2 amide bonds. The van der Waals surface area contributed by atoms with Crippen LogP contribution in [0.1, 0.15) is 18.9 Å². The van der Waals surface area contributed by atoms with Crippen LogP contribution in [0, 0.1) is 0 Å². The van der Waals surface area contributed by atoms with Crippen molar-refractivity contribution in [3.63, 3.8) is 0 Å². The lowest BCUT2D eigenvalue weighted by atomic mass is 10.1. The number of nitrogens with two attached hydrogens (primary N) is 1. The van der Waals surface area contributed by atoms with Crippen molar-refractivity contribution in [2.45, 2.75) is 19.8 Å². The summed E-state index contributed by atoms with van der Waals surface area (Å²) in [6.45, 7) is 1.85. The molecule has 5 heteroatoms. The van der Waals surface area contributed by atoms with E-state index in [-0.39, 0.29) is 6.54 Å². The molecule has 0 aromatic heterocycles. The van der Waals surface area contributed by atoms with Crippen LogP contribution in [-0.4, -0.2) is 18.5 Å². The van der Waals surface area contributed by atoms with Gasteiger partial charge in [-0.1, -0.05) is 25.5 Å². The van der Waals surface area contributed by atoms with Gasteiger partial charge < -0.3 is 15.8 Å². The summed E-state index contributed by atoms with van der Waals surface area (Å²) in [6.07, 6.45) is 1.27. The summed E-state index contributed by atoms with van der Waals surface area (Å²) >= 11 is 0. The Morgan fingerprint density at radius 2 is 2.18 bits per heavy atom. The monoisotopic (exact) mass is 236 g/mol. The number of rotatable bonds is 5. The maximum atomic E-state index is 11.2. The molecule has 0 heterocycles. The molecule has 0 aliphatic rings. The van der Waals surface area contributed by atoms with Crippen LogP contribution < -0.4 is 15.8 Å². The molecule has 0 radical (unpaired) electrons. The molecule has 0 aliphatic heterocycles. The summed E-state index contributed by atoms with van der Waals surface area (Å²) in [7, 11) is 0. The summed E-state index contributed by atoms with van der Waals surface area (Å²) in [5, 5.41) is 2.25. The van der Waals surface area contributed by atoms with E-state index in [9.17, 15) is 9.59 Å². The Kier molecular flexibility index (Phi) is 5.00. The van der Waals surface area contributed by atoms with Gasteiger partial charge in [0, 0.05) is 0 Å². The molecule has 0 saturated heterocycles. The van der Waals surface area contributed by atoms with Gasteiger partial charge in [0.25, 0.3) is 0 Å². The molecule has 5 nitrogen and oxygen atoms in total. The molecule has 17 heavy (non-hydrogen) atoms. The predicted octanol–water partition coefficient (Wildman–Crippen LogP) is 1.21. The molecule has 0 bridgehead atoms. The van der Waals surface area contributed by atoms with Crippen molar-refractivity contribution in [1.82, 2.24) is 5.32 Å². The predicted molar refractivity (Wildman–Crippen MR) is 63.7 cm³/mol. The van der Waals surface area contributed by atoms with Gasteiger partial charge in [-0.15, -0.1) is 0 Å². The lowest BCUT2D eigenvalue weighted by Crippen LogP contribution is -2.35. The molecule has 0 aliphatic carbocycles. The number of ether oxygens (including phenoxy) is 1. The lowest BCUT2D eigenvalue weighted by molar-refractivity contribution is -0.117. The molecule has 1 aromatic carbocycles. The molecule has 0 fully saturated rings. The number of primary amides is 1. The second kappa shape index (κ2) is 6.52. The van der Waals surface area contributed by atoms with Crippen molar-refractivity contribution < 1.29 is 14.3 Å². The third-order valence-corrected chi connectivity index (χ3v) is 2.05. The van der Waals surface area contributed by atoms with Gasteiger partial charge in [-0.2, -0.15) is 0 Å². The number of nitrogens with one attached hydrogen (secondary N) is 1. The highest BCUT2D eigenvalue weighted by Gasteiger charge is 2.05. The average Bonchev–Trinajstić information content (AvgIpc) is 2.27. The highest BCUT2D eigenvalue weighted by molar-refractivity contribution is 5.81. The van der Waals surface area contributed by atoms with Crippen LogP contribution in [0.25, 0.3) is 0 Å². The van der Waals surface area contributed by atoms with Gasteiger partial charge in [0.2, 0.25) is 5.91 Å². The van der Waals surface area contributed by atoms with Crippen molar-refractivity contribution in [2.24, 2.45) is 5.73 Å².